The minimum absolute atomic E-state index is 0.139. The van der Waals surface area contributed by atoms with Crippen LogP contribution in [-0.4, -0.2) is 19.1 Å². The van der Waals surface area contributed by atoms with E-state index in [4.69, 9.17) is 0 Å². The van der Waals surface area contributed by atoms with Crippen LogP contribution in [0.5, 0.6) is 5.75 Å². The van der Waals surface area contributed by atoms with Crippen LogP contribution in [0.4, 0.5) is 8.78 Å². The van der Waals surface area contributed by atoms with Gasteiger partial charge in [-0.05, 0) is 30.2 Å². The molecule has 6 heteroatoms. The molecule has 2 rings (SSSR count). The summed E-state index contributed by atoms with van der Waals surface area (Å²) in [6, 6.07) is 16.6. The number of nitrogens with zero attached hydrogens (tertiary/aromatic N) is 1. The van der Waals surface area contributed by atoms with Gasteiger partial charge in [0.1, 0.15) is 5.75 Å². The summed E-state index contributed by atoms with van der Waals surface area (Å²) in [6.07, 6.45) is 0. The molecule has 0 aliphatic rings. The van der Waals surface area contributed by atoms with Crippen LogP contribution in [0.15, 0.2) is 59.6 Å². The van der Waals surface area contributed by atoms with E-state index in [1.54, 1.807) is 12.1 Å². The molecule has 0 fully saturated rings. The minimum Gasteiger partial charge on any atom is -0.435 e. The molecular weight excluding hydrogens is 312 g/mol. The lowest BCUT2D eigenvalue weighted by atomic mass is 10.2. The van der Waals surface area contributed by atoms with Crippen LogP contribution in [0.1, 0.15) is 18.1 Å². The average molecular weight is 333 g/mol. The monoisotopic (exact) mass is 333 g/mol. The molecule has 0 saturated carbocycles. The highest BCUT2D eigenvalue weighted by atomic mass is 19.3. The Hall–Kier alpha value is -2.63. The standard InChI is InChI=1S/C18H21F2N3O/c1-2-21-18(22-12-14-7-4-3-5-8-14)23-13-15-9-6-10-16(11-15)24-17(19)20/h3-11,17H,2,12-13H2,1H3,(H2,21,22,23). The van der Waals surface area contributed by atoms with Gasteiger partial charge in [-0.3, -0.25) is 0 Å². The van der Waals surface area contributed by atoms with Gasteiger partial charge in [-0.25, -0.2) is 4.99 Å². The quantitative estimate of drug-likeness (QED) is 0.602. The number of hydrogen-bond donors (Lipinski definition) is 2. The number of rotatable bonds is 7. The molecular formula is C18H21F2N3O. The maximum absolute atomic E-state index is 12.3. The van der Waals surface area contributed by atoms with Crippen LogP contribution in [-0.2, 0) is 13.1 Å². The Balaban J connectivity index is 1.97. The number of hydrogen-bond acceptors (Lipinski definition) is 2. The number of guanidine groups is 1. The molecule has 0 heterocycles. The van der Waals surface area contributed by atoms with Gasteiger partial charge in [0.05, 0.1) is 6.54 Å². The van der Waals surface area contributed by atoms with Crippen molar-refractivity contribution < 1.29 is 13.5 Å². The summed E-state index contributed by atoms with van der Waals surface area (Å²) >= 11 is 0. The second kappa shape index (κ2) is 9.50. The molecule has 0 amide bonds. The lowest BCUT2D eigenvalue weighted by Crippen LogP contribution is -2.36. The molecule has 0 aromatic heterocycles. The van der Waals surface area contributed by atoms with Crippen molar-refractivity contribution >= 4 is 5.96 Å². The number of ether oxygens (including phenoxy) is 1. The minimum atomic E-state index is -2.83. The fourth-order valence-electron chi connectivity index (χ4n) is 2.11. The fraction of sp³-hybridized carbons (Fsp3) is 0.278. The van der Waals surface area contributed by atoms with Crippen LogP contribution in [0.2, 0.25) is 0 Å². The van der Waals surface area contributed by atoms with E-state index in [1.165, 1.54) is 6.07 Å². The lowest BCUT2D eigenvalue weighted by Gasteiger charge is -2.11. The Labute approximate surface area is 140 Å². The highest BCUT2D eigenvalue weighted by Gasteiger charge is 2.05. The highest BCUT2D eigenvalue weighted by molar-refractivity contribution is 5.79. The Bertz CT molecular complexity index is 648. The van der Waals surface area contributed by atoms with E-state index >= 15 is 0 Å². The molecule has 4 nitrogen and oxygen atoms in total. The van der Waals surface area contributed by atoms with Crippen molar-refractivity contribution in [2.45, 2.75) is 26.6 Å². The number of halogens is 2. The molecule has 2 aromatic carbocycles. The maximum Gasteiger partial charge on any atom is 0.387 e. The summed E-state index contributed by atoms with van der Waals surface area (Å²) in [5.74, 6) is 0.807. The van der Waals surface area contributed by atoms with Crippen molar-refractivity contribution in [1.82, 2.24) is 10.6 Å². The first kappa shape index (κ1) is 17.7. The van der Waals surface area contributed by atoms with Crippen molar-refractivity contribution in [3.8, 4) is 5.75 Å². The highest BCUT2D eigenvalue weighted by Crippen LogP contribution is 2.16. The van der Waals surface area contributed by atoms with Crippen molar-refractivity contribution in [2.24, 2.45) is 4.99 Å². The molecule has 0 unspecified atom stereocenters. The Kier molecular flexibility index (Phi) is 7.01. The summed E-state index contributed by atoms with van der Waals surface area (Å²) in [5.41, 5.74) is 1.94. The van der Waals surface area contributed by atoms with Crippen LogP contribution in [0, 0.1) is 0 Å². The Morgan fingerprint density at radius 1 is 1.04 bits per heavy atom. The molecule has 0 aliphatic heterocycles. The normalized spacial score (nSPS) is 11.4. The SMILES string of the molecule is CCNC(=NCc1cccc(OC(F)F)c1)NCc1ccccc1. The number of nitrogens with one attached hydrogen (secondary N) is 2. The predicted octanol–water partition coefficient (Wildman–Crippen LogP) is 3.54. The van der Waals surface area contributed by atoms with Gasteiger partial charge in [0.15, 0.2) is 5.96 Å². The van der Waals surface area contributed by atoms with Gasteiger partial charge in [-0.2, -0.15) is 8.78 Å². The van der Waals surface area contributed by atoms with Gasteiger partial charge in [0, 0.05) is 13.1 Å². The third kappa shape index (κ3) is 6.24. The van der Waals surface area contributed by atoms with Crippen molar-refractivity contribution in [1.29, 1.82) is 0 Å². The van der Waals surface area contributed by atoms with Gasteiger partial charge < -0.3 is 15.4 Å². The summed E-state index contributed by atoms with van der Waals surface area (Å²) in [6.45, 7) is 0.909. The second-order valence-corrected chi connectivity index (χ2v) is 5.06. The molecule has 0 aliphatic carbocycles. The van der Waals surface area contributed by atoms with E-state index in [9.17, 15) is 8.78 Å². The van der Waals surface area contributed by atoms with Gasteiger partial charge >= 0.3 is 6.61 Å². The van der Waals surface area contributed by atoms with Gasteiger partial charge in [0.2, 0.25) is 0 Å². The maximum atomic E-state index is 12.3. The molecule has 0 saturated heterocycles. The van der Waals surface area contributed by atoms with E-state index < -0.39 is 6.61 Å². The molecule has 0 atom stereocenters. The van der Waals surface area contributed by atoms with Crippen LogP contribution in [0.25, 0.3) is 0 Å². The zero-order valence-electron chi connectivity index (χ0n) is 13.5. The average Bonchev–Trinajstić information content (AvgIpc) is 2.58. The smallest absolute Gasteiger partial charge is 0.387 e. The summed E-state index contributed by atoms with van der Waals surface area (Å²) in [4.78, 5) is 4.47. The van der Waals surface area contributed by atoms with E-state index in [1.807, 2.05) is 43.3 Å². The van der Waals surface area contributed by atoms with Crippen molar-refractivity contribution in [3.05, 3.63) is 65.7 Å². The predicted molar refractivity (Wildman–Crippen MR) is 91.2 cm³/mol. The molecule has 128 valence electrons. The summed E-state index contributed by atoms with van der Waals surface area (Å²) in [5, 5.41) is 6.40. The van der Waals surface area contributed by atoms with Crippen LogP contribution in [0.3, 0.4) is 0 Å². The molecule has 24 heavy (non-hydrogen) atoms. The molecule has 2 aromatic rings. The first-order valence-corrected chi connectivity index (χ1v) is 7.77. The van der Waals surface area contributed by atoms with Crippen molar-refractivity contribution in [3.63, 3.8) is 0 Å². The number of benzene rings is 2. The first-order chi connectivity index (χ1) is 11.7. The van der Waals surface area contributed by atoms with Crippen molar-refractivity contribution in [2.75, 3.05) is 6.54 Å². The van der Waals surface area contributed by atoms with Gasteiger partial charge in [0.25, 0.3) is 0 Å². The summed E-state index contributed by atoms with van der Waals surface area (Å²) < 4.78 is 28.9. The zero-order valence-corrected chi connectivity index (χ0v) is 13.5. The topological polar surface area (TPSA) is 45.7 Å². The van der Waals surface area contributed by atoms with E-state index in [0.29, 0.717) is 19.0 Å². The molecule has 0 bridgehead atoms. The fourth-order valence-corrected chi connectivity index (χ4v) is 2.11. The van der Waals surface area contributed by atoms with Crippen LogP contribution < -0.4 is 15.4 Å². The van der Waals surface area contributed by atoms with E-state index in [-0.39, 0.29) is 5.75 Å². The number of alkyl halides is 2. The second-order valence-electron chi connectivity index (χ2n) is 5.06. The molecule has 0 spiro atoms. The van der Waals surface area contributed by atoms with Crippen LogP contribution >= 0.6 is 0 Å². The third-order valence-corrected chi connectivity index (χ3v) is 3.19. The van der Waals surface area contributed by atoms with E-state index in [2.05, 4.69) is 20.4 Å². The van der Waals surface area contributed by atoms with Gasteiger partial charge in [-0.1, -0.05) is 42.5 Å². The largest absolute Gasteiger partial charge is 0.435 e. The Morgan fingerprint density at radius 2 is 1.79 bits per heavy atom. The summed E-state index contributed by atoms with van der Waals surface area (Å²) in [7, 11) is 0. The first-order valence-electron chi connectivity index (χ1n) is 7.77. The lowest BCUT2D eigenvalue weighted by molar-refractivity contribution is -0.0498. The Morgan fingerprint density at radius 3 is 2.50 bits per heavy atom. The van der Waals surface area contributed by atoms with Gasteiger partial charge in [-0.15, -0.1) is 0 Å². The number of aliphatic imine (C=N–C) groups is 1. The third-order valence-electron chi connectivity index (χ3n) is 3.19. The zero-order chi connectivity index (χ0) is 17.2. The van der Waals surface area contributed by atoms with E-state index in [0.717, 1.165) is 17.7 Å². The molecule has 2 N–H and O–H groups in total. The molecule has 0 radical (unpaired) electrons.